The SMILES string of the molecule is CC(C)CCCNC(=O)C1CCCN(C(=O)c2ccc(F)cc2)C1. The zero-order valence-corrected chi connectivity index (χ0v) is 14.6. The van der Waals surface area contributed by atoms with Gasteiger partial charge in [-0.15, -0.1) is 0 Å². The van der Waals surface area contributed by atoms with Gasteiger partial charge in [0.25, 0.3) is 5.91 Å². The predicted octanol–water partition coefficient (Wildman–Crippen LogP) is 3.23. The fourth-order valence-corrected chi connectivity index (χ4v) is 3.02. The number of hydrogen-bond donors (Lipinski definition) is 1. The molecule has 1 aliphatic heterocycles. The first-order valence-corrected chi connectivity index (χ1v) is 8.80. The third kappa shape index (κ3) is 5.32. The maximum Gasteiger partial charge on any atom is 0.253 e. The summed E-state index contributed by atoms with van der Waals surface area (Å²) >= 11 is 0. The molecule has 132 valence electrons. The lowest BCUT2D eigenvalue weighted by atomic mass is 9.96. The number of benzene rings is 1. The lowest BCUT2D eigenvalue weighted by molar-refractivity contribution is -0.126. The second-order valence-electron chi connectivity index (χ2n) is 6.92. The summed E-state index contributed by atoms with van der Waals surface area (Å²) in [6.45, 7) is 6.11. The average molecular weight is 334 g/mol. The number of amides is 2. The summed E-state index contributed by atoms with van der Waals surface area (Å²) < 4.78 is 13.0. The summed E-state index contributed by atoms with van der Waals surface area (Å²) in [6, 6.07) is 5.56. The first-order valence-electron chi connectivity index (χ1n) is 8.80. The smallest absolute Gasteiger partial charge is 0.253 e. The van der Waals surface area contributed by atoms with Crippen LogP contribution in [0.1, 0.15) is 49.9 Å². The standard InChI is InChI=1S/C19H27FN2O2/c1-14(2)5-3-11-21-18(23)16-6-4-12-22(13-16)19(24)15-7-9-17(20)10-8-15/h7-10,14,16H,3-6,11-13H2,1-2H3,(H,21,23). The maximum absolute atomic E-state index is 13.0. The van der Waals surface area contributed by atoms with Crippen molar-refractivity contribution in [1.82, 2.24) is 10.2 Å². The van der Waals surface area contributed by atoms with E-state index in [9.17, 15) is 14.0 Å². The monoisotopic (exact) mass is 334 g/mol. The van der Waals surface area contributed by atoms with Crippen LogP contribution >= 0.6 is 0 Å². The lowest BCUT2D eigenvalue weighted by Gasteiger charge is -2.32. The van der Waals surface area contributed by atoms with Crippen LogP contribution in [0.3, 0.4) is 0 Å². The Kier molecular flexibility index (Phi) is 6.76. The first-order chi connectivity index (χ1) is 11.5. The molecule has 4 nitrogen and oxygen atoms in total. The van der Waals surface area contributed by atoms with Crippen molar-refractivity contribution in [2.45, 2.75) is 39.5 Å². The highest BCUT2D eigenvalue weighted by atomic mass is 19.1. The molecule has 0 bridgehead atoms. The Morgan fingerprint density at radius 3 is 2.67 bits per heavy atom. The number of piperidine rings is 1. The van der Waals surface area contributed by atoms with E-state index >= 15 is 0 Å². The maximum atomic E-state index is 13.0. The van der Waals surface area contributed by atoms with E-state index < -0.39 is 0 Å². The molecular formula is C19H27FN2O2. The van der Waals surface area contributed by atoms with Crippen molar-refractivity contribution in [1.29, 1.82) is 0 Å². The summed E-state index contributed by atoms with van der Waals surface area (Å²) in [5.41, 5.74) is 0.467. The van der Waals surface area contributed by atoms with E-state index in [1.54, 1.807) is 4.90 Å². The molecule has 0 aromatic heterocycles. The zero-order chi connectivity index (χ0) is 17.5. The van der Waals surface area contributed by atoms with Crippen LogP contribution in [-0.4, -0.2) is 36.3 Å². The Morgan fingerprint density at radius 2 is 2.00 bits per heavy atom. The van der Waals surface area contributed by atoms with Crippen LogP contribution in [-0.2, 0) is 4.79 Å². The van der Waals surface area contributed by atoms with Crippen LogP contribution in [0.25, 0.3) is 0 Å². The number of rotatable bonds is 6. The highest BCUT2D eigenvalue weighted by Crippen LogP contribution is 2.19. The van der Waals surface area contributed by atoms with Crippen LogP contribution in [0.4, 0.5) is 4.39 Å². The Balaban J connectivity index is 1.85. The van der Waals surface area contributed by atoms with Crippen molar-refractivity contribution >= 4 is 11.8 Å². The quantitative estimate of drug-likeness (QED) is 0.812. The largest absolute Gasteiger partial charge is 0.356 e. The number of nitrogens with one attached hydrogen (secondary N) is 1. The number of carbonyl (C=O) groups excluding carboxylic acids is 2. The van der Waals surface area contributed by atoms with Crippen LogP contribution in [0.15, 0.2) is 24.3 Å². The number of carbonyl (C=O) groups is 2. The van der Waals surface area contributed by atoms with Gasteiger partial charge >= 0.3 is 0 Å². The molecule has 0 radical (unpaired) electrons. The molecule has 5 heteroatoms. The fourth-order valence-electron chi connectivity index (χ4n) is 3.02. The molecule has 1 fully saturated rings. The summed E-state index contributed by atoms with van der Waals surface area (Å²) in [5.74, 6) is 0.0362. The van der Waals surface area contributed by atoms with Crippen molar-refractivity contribution in [3.05, 3.63) is 35.6 Å². The molecule has 0 spiro atoms. The van der Waals surface area contributed by atoms with E-state index in [2.05, 4.69) is 19.2 Å². The summed E-state index contributed by atoms with van der Waals surface area (Å²) in [4.78, 5) is 26.5. The normalized spacial score (nSPS) is 17.8. The molecule has 1 aromatic carbocycles. The molecule has 24 heavy (non-hydrogen) atoms. The van der Waals surface area contributed by atoms with Gasteiger partial charge in [-0.3, -0.25) is 9.59 Å². The second kappa shape index (κ2) is 8.81. The van der Waals surface area contributed by atoms with Gasteiger partial charge < -0.3 is 10.2 Å². The van der Waals surface area contributed by atoms with Crippen molar-refractivity contribution in [2.75, 3.05) is 19.6 Å². The van der Waals surface area contributed by atoms with Gasteiger partial charge in [-0.1, -0.05) is 13.8 Å². The summed E-state index contributed by atoms with van der Waals surface area (Å²) in [6.07, 6.45) is 3.70. The minimum Gasteiger partial charge on any atom is -0.356 e. The van der Waals surface area contributed by atoms with Crippen LogP contribution in [0, 0.1) is 17.7 Å². The molecule has 1 N–H and O–H groups in total. The zero-order valence-electron chi connectivity index (χ0n) is 14.6. The summed E-state index contributed by atoms with van der Waals surface area (Å²) in [5, 5.41) is 2.99. The Labute approximate surface area is 143 Å². The van der Waals surface area contributed by atoms with Gasteiger partial charge in [0, 0.05) is 25.2 Å². The fraction of sp³-hybridized carbons (Fsp3) is 0.579. The molecule has 1 saturated heterocycles. The molecular weight excluding hydrogens is 307 g/mol. The van der Waals surface area contributed by atoms with Crippen molar-refractivity contribution in [3.8, 4) is 0 Å². The van der Waals surface area contributed by atoms with Gasteiger partial charge in [-0.2, -0.15) is 0 Å². The van der Waals surface area contributed by atoms with Crippen LogP contribution < -0.4 is 5.32 Å². The minimum absolute atomic E-state index is 0.0374. The first kappa shape index (κ1) is 18.4. The van der Waals surface area contributed by atoms with Crippen molar-refractivity contribution in [2.24, 2.45) is 11.8 Å². The average Bonchev–Trinajstić information content (AvgIpc) is 2.58. The van der Waals surface area contributed by atoms with Crippen LogP contribution in [0.5, 0.6) is 0 Å². The third-order valence-corrected chi connectivity index (χ3v) is 4.43. The topological polar surface area (TPSA) is 49.4 Å². The number of nitrogens with zero attached hydrogens (tertiary/aromatic N) is 1. The number of halogens is 1. The van der Waals surface area contributed by atoms with E-state index in [4.69, 9.17) is 0 Å². The van der Waals surface area contributed by atoms with E-state index in [-0.39, 0.29) is 23.5 Å². The molecule has 1 heterocycles. The highest BCUT2D eigenvalue weighted by molar-refractivity contribution is 5.94. The predicted molar refractivity (Wildman–Crippen MR) is 92.1 cm³/mol. The van der Waals surface area contributed by atoms with E-state index in [0.29, 0.717) is 31.1 Å². The molecule has 2 amide bonds. The second-order valence-corrected chi connectivity index (χ2v) is 6.92. The summed E-state index contributed by atoms with van der Waals surface area (Å²) in [7, 11) is 0. The van der Waals surface area contributed by atoms with Gasteiger partial charge in [-0.25, -0.2) is 4.39 Å². The number of hydrogen-bond acceptors (Lipinski definition) is 2. The van der Waals surface area contributed by atoms with Gasteiger partial charge in [0.05, 0.1) is 5.92 Å². The van der Waals surface area contributed by atoms with Gasteiger partial charge in [0.1, 0.15) is 5.82 Å². The van der Waals surface area contributed by atoms with Crippen LogP contribution in [0.2, 0.25) is 0 Å². The van der Waals surface area contributed by atoms with E-state index in [1.165, 1.54) is 24.3 Å². The van der Waals surface area contributed by atoms with E-state index in [1.807, 2.05) is 0 Å². The lowest BCUT2D eigenvalue weighted by Crippen LogP contribution is -2.45. The Bertz CT molecular complexity index is 557. The molecule has 2 rings (SSSR count). The minimum atomic E-state index is -0.358. The van der Waals surface area contributed by atoms with Gasteiger partial charge in [-0.05, 0) is 55.9 Å². The third-order valence-electron chi connectivity index (χ3n) is 4.43. The Hall–Kier alpha value is -1.91. The van der Waals surface area contributed by atoms with Gasteiger partial charge in [0.15, 0.2) is 0 Å². The molecule has 1 atom stereocenters. The Morgan fingerprint density at radius 1 is 1.29 bits per heavy atom. The molecule has 0 saturated carbocycles. The molecule has 1 aliphatic rings. The molecule has 1 unspecified atom stereocenters. The van der Waals surface area contributed by atoms with Crippen molar-refractivity contribution in [3.63, 3.8) is 0 Å². The molecule has 1 aromatic rings. The molecule has 0 aliphatic carbocycles. The highest BCUT2D eigenvalue weighted by Gasteiger charge is 2.28. The van der Waals surface area contributed by atoms with E-state index in [0.717, 1.165) is 25.7 Å². The number of likely N-dealkylation sites (tertiary alicyclic amines) is 1. The van der Waals surface area contributed by atoms with Gasteiger partial charge in [0.2, 0.25) is 5.91 Å². The van der Waals surface area contributed by atoms with Crippen molar-refractivity contribution < 1.29 is 14.0 Å².